The van der Waals surface area contributed by atoms with Gasteiger partial charge in [-0.3, -0.25) is 14.5 Å². The van der Waals surface area contributed by atoms with Gasteiger partial charge in [0.05, 0.1) is 12.6 Å². The van der Waals surface area contributed by atoms with Crippen molar-refractivity contribution in [1.82, 2.24) is 20.1 Å². The summed E-state index contributed by atoms with van der Waals surface area (Å²) < 4.78 is 1.85. The van der Waals surface area contributed by atoms with Crippen LogP contribution in [0.5, 0.6) is 0 Å². The van der Waals surface area contributed by atoms with Crippen molar-refractivity contribution >= 4 is 5.91 Å². The molecule has 5 nitrogen and oxygen atoms in total. The number of hydrogen-bond acceptors (Lipinski definition) is 3. The molecule has 2 aromatic heterocycles. The van der Waals surface area contributed by atoms with Crippen LogP contribution in [0.25, 0.3) is 0 Å². The second kappa shape index (κ2) is 6.87. The van der Waals surface area contributed by atoms with E-state index in [9.17, 15) is 4.79 Å². The molecule has 0 bridgehead atoms. The number of pyridine rings is 1. The zero-order chi connectivity index (χ0) is 16.1. The standard InChI is InChI=1S/C18H18N4O/c1-14(17-4-2-9-19-12-17)21-18(23)16-7-5-15(6-8-16)13-22-11-3-10-20-22/h2-12,14H,13H2,1H3,(H,21,23). The van der Waals surface area contributed by atoms with E-state index in [1.165, 1.54) is 0 Å². The van der Waals surface area contributed by atoms with Gasteiger partial charge < -0.3 is 5.32 Å². The SMILES string of the molecule is CC(NC(=O)c1ccc(Cn2cccn2)cc1)c1cccnc1. The van der Waals surface area contributed by atoms with E-state index in [2.05, 4.69) is 15.4 Å². The van der Waals surface area contributed by atoms with Crippen LogP contribution in [0.1, 0.15) is 34.5 Å². The van der Waals surface area contributed by atoms with Gasteiger partial charge in [0.2, 0.25) is 0 Å². The lowest BCUT2D eigenvalue weighted by Crippen LogP contribution is -2.26. The molecular formula is C18H18N4O. The molecule has 0 fully saturated rings. The summed E-state index contributed by atoms with van der Waals surface area (Å²) in [4.78, 5) is 16.4. The van der Waals surface area contributed by atoms with Gasteiger partial charge in [-0.05, 0) is 42.3 Å². The van der Waals surface area contributed by atoms with Crippen molar-refractivity contribution in [1.29, 1.82) is 0 Å². The second-order valence-electron chi connectivity index (χ2n) is 5.38. The molecule has 0 aliphatic heterocycles. The molecule has 1 atom stereocenters. The summed E-state index contributed by atoms with van der Waals surface area (Å²) in [7, 11) is 0. The van der Waals surface area contributed by atoms with Crippen LogP contribution >= 0.6 is 0 Å². The van der Waals surface area contributed by atoms with E-state index in [0.717, 1.165) is 11.1 Å². The monoisotopic (exact) mass is 306 g/mol. The first kappa shape index (κ1) is 15.0. The molecule has 5 heteroatoms. The molecule has 116 valence electrons. The number of rotatable bonds is 5. The first-order valence-corrected chi connectivity index (χ1v) is 7.49. The fourth-order valence-corrected chi connectivity index (χ4v) is 2.34. The van der Waals surface area contributed by atoms with Gasteiger partial charge in [-0.25, -0.2) is 0 Å². The largest absolute Gasteiger partial charge is 0.345 e. The smallest absolute Gasteiger partial charge is 0.251 e. The van der Waals surface area contributed by atoms with Crippen LogP contribution in [0.2, 0.25) is 0 Å². The van der Waals surface area contributed by atoms with E-state index < -0.39 is 0 Å². The van der Waals surface area contributed by atoms with Gasteiger partial charge in [0.25, 0.3) is 5.91 Å². The van der Waals surface area contributed by atoms with E-state index in [1.807, 2.05) is 60.3 Å². The predicted octanol–water partition coefficient (Wildman–Crippen LogP) is 2.82. The number of hydrogen-bond donors (Lipinski definition) is 1. The Morgan fingerprint density at radius 2 is 2.00 bits per heavy atom. The summed E-state index contributed by atoms with van der Waals surface area (Å²) in [5, 5.41) is 7.15. The number of nitrogens with zero attached hydrogens (tertiary/aromatic N) is 3. The molecule has 3 aromatic rings. The minimum absolute atomic E-state index is 0.0834. The van der Waals surface area contributed by atoms with Crippen molar-refractivity contribution in [2.75, 3.05) is 0 Å². The summed E-state index contributed by atoms with van der Waals surface area (Å²) in [6.45, 7) is 2.64. The molecule has 0 aliphatic carbocycles. The normalized spacial score (nSPS) is 11.9. The highest BCUT2D eigenvalue weighted by atomic mass is 16.1. The highest BCUT2D eigenvalue weighted by molar-refractivity contribution is 5.94. The van der Waals surface area contributed by atoms with Crippen molar-refractivity contribution in [3.05, 3.63) is 83.9 Å². The van der Waals surface area contributed by atoms with Crippen molar-refractivity contribution in [2.45, 2.75) is 19.5 Å². The number of carbonyl (C=O) groups is 1. The van der Waals surface area contributed by atoms with Crippen LogP contribution in [0, 0.1) is 0 Å². The van der Waals surface area contributed by atoms with Crippen LogP contribution < -0.4 is 5.32 Å². The third kappa shape index (κ3) is 3.83. The molecule has 0 saturated carbocycles. The zero-order valence-electron chi connectivity index (χ0n) is 12.9. The predicted molar refractivity (Wildman–Crippen MR) is 87.9 cm³/mol. The van der Waals surface area contributed by atoms with E-state index in [1.54, 1.807) is 18.6 Å². The number of nitrogens with one attached hydrogen (secondary N) is 1. The molecule has 0 saturated heterocycles. The molecule has 23 heavy (non-hydrogen) atoms. The Kier molecular flexibility index (Phi) is 4.47. The average molecular weight is 306 g/mol. The van der Waals surface area contributed by atoms with Gasteiger partial charge in [-0.2, -0.15) is 5.10 Å². The Balaban J connectivity index is 1.63. The third-order valence-corrected chi connectivity index (χ3v) is 3.65. The molecule has 0 radical (unpaired) electrons. The first-order valence-electron chi connectivity index (χ1n) is 7.49. The maximum atomic E-state index is 12.3. The lowest BCUT2D eigenvalue weighted by atomic mass is 10.1. The van der Waals surface area contributed by atoms with Crippen LogP contribution in [0.15, 0.2) is 67.3 Å². The third-order valence-electron chi connectivity index (χ3n) is 3.65. The quantitative estimate of drug-likeness (QED) is 0.788. The molecule has 1 N–H and O–H groups in total. The number of carbonyl (C=O) groups excluding carboxylic acids is 1. The highest BCUT2D eigenvalue weighted by Gasteiger charge is 2.11. The summed E-state index contributed by atoms with van der Waals surface area (Å²) in [5.41, 5.74) is 2.73. The summed E-state index contributed by atoms with van der Waals surface area (Å²) in [6.07, 6.45) is 7.15. The second-order valence-corrected chi connectivity index (χ2v) is 5.38. The molecule has 0 aliphatic rings. The molecule has 1 amide bonds. The van der Waals surface area contributed by atoms with Crippen molar-refractivity contribution in [2.24, 2.45) is 0 Å². The maximum Gasteiger partial charge on any atom is 0.251 e. The van der Waals surface area contributed by atoms with Gasteiger partial charge >= 0.3 is 0 Å². The minimum Gasteiger partial charge on any atom is -0.345 e. The first-order chi connectivity index (χ1) is 11.2. The van der Waals surface area contributed by atoms with Gasteiger partial charge in [-0.1, -0.05) is 18.2 Å². The Labute approximate surface area is 135 Å². The van der Waals surface area contributed by atoms with E-state index in [4.69, 9.17) is 0 Å². The number of amides is 1. The van der Waals surface area contributed by atoms with Crippen molar-refractivity contribution in [3.8, 4) is 0 Å². The topological polar surface area (TPSA) is 59.8 Å². The summed E-state index contributed by atoms with van der Waals surface area (Å²) in [6, 6.07) is 13.2. The lowest BCUT2D eigenvalue weighted by molar-refractivity contribution is 0.0940. The van der Waals surface area contributed by atoms with Crippen molar-refractivity contribution < 1.29 is 4.79 Å². The number of aromatic nitrogens is 3. The summed E-state index contributed by atoms with van der Waals surface area (Å²) in [5.74, 6) is -0.0907. The van der Waals surface area contributed by atoms with E-state index in [-0.39, 0.29) is 11.9 Å². The Morgan fingerprint density at radius 1 is 1.17 bits per heavy atom. The van der Waals surface area contributed by atoms with Crippen LogP contribution in [-0.4, -0.2) is 20.7 Å². The van der Waals surface area contributed by atoms with Gasteiger partial charge in [0, 0.05) is 30.4 Å². The Morgan fingerprint density at radius 3 is 2.65 bits per heavy atom. The highest BCUT2D eigenvalue weighted by Crippen LogP contribution is 2.12. The van der Waals surface area contributed by atoms with Gasteiger partial charge in [-0.15, -0.1) is 0 Å². The number of benzene rings is 1. The fraction of sp³-hybridized carbons (Fsp3) is 0.167. The molecule has 3 rings (SSSR count). The summed E-state index contributed by atoms with van der Waals surface area (Å²) >= 11 is 0. The van der Waals surface area contributed by atoms with Gasteiger partial charge in [0.15, 0.2) is 0 Å². The molecular weight excluding hydrogens is 288 g/mol. The van der Waals surface area contributed by atoms with Gasteiger partial charge in [0.1, 0.15) is 0 Å². The van der Waals surface area contributed by atoms with Crippen LogP contribution in [-0.2, 0) is 6.54 Å². The lowest BCUT2D eigenvalue weighted by Gasteiger charge is -2.14. The van der Waals surface area contributed by atoms with Crippen LogP contribution in [0.4, 0.5) is 0 Å². The Bertz CT molecular complexity index is 751. The molecule has 2 heterocycles. The molecule has 0 spiro atoms. The fourth-order valence-electron chi connectivity index (χ4n) is 2.34. The molecule has 1 unspecified atom stereocenters. The maximum absolute atomic E-state index is 12.3. The van der Waals surface area contributed by atoms with E-state index >= 15 is 0 Å². The Hall–Kier alpha value is -2.95. The molecule has 1 aromatic carbocycles. The van der Waals surface area contributed by atoms with E-state index in [0.29, 0.717) is 12.1 Å². The minimum atomic E-state index is -0.0907. The average Bonchev–Trinajstić information content (AvgIpc) is 3.09. The van der Waals surface area contributed by atoms with Crippen molar-refractivity contribution in [3.63, 3.8) is 0 Å². The zero-order valence-corrected chi connectivity index (χ0v) is 12.9. The van der Waals surface area contributed by atoms with Crippen LogP contribution in [0.3, 0.4) is 0 Å².